The first kappa shape index (κ1) is 17.3. The molecular formula is C21H14F3NO2. The summed E-state index contributed by atoms with van der Waals surface area (Å²) in [6.45, 7) is 0. The van der Waals surface area contributed by atoms with Gasteiger partial charge in [-0.25, -0.2) is 0 Å². The lowest BCUT2D eigenvalue weighted by atomic mass is 9.88. The molecule has 0 saturated heterocycles. The molecule has 0 heterocycles. The molecule has 3 N–H and O–H groups in total. The molecule has 4 rings (SSSR count). The van der Waals surface area contributed by atoms with Gasteiger partial charge in [0.05, 0.1) is 0 Å². The van der Waals surface area contributed by atoms with E-state index in [4.69, 9.17) is 5.73 Å². The van der Waals surface area contributed by atoms with Crippen molar-refractivity contribution in [2.24, 2.45) is 5.73 Å². The Morgan fingerprint density at radius 1 is 0.852 bits per heavy atom. The fourth-order valence-electron chi connectivity index (χ4n) is 3.68. The molecule has 0 saturated carbocycles. The average Bonchev–Trinajstić information content (AvgIpc) is 2.91. The number of amides is 1. The predicted octanol–water partition coefficient (Wildman–Crippen LogP) is 4.23. The third-order valence-electron chi connectivity index (χ3n) is 4.93. The number of fused-ring (bicyclic) bond motifs is 3. The van der Waals surface area contributed by atoms with Gasteiger partial charge in [0.15, 0.2) is 0 Å². The summed E-state index contributed by atoms with van der Waals surface area (Å²) in [5.41, 5.74) is 3.44. The molecule has 1 aliphatic carbocycles. The third kappa shape index (κ3) is 2.37. The van der Waals surface area contributed by atoms with E-state index in [9.17, 15) is 23.1 Å². The van der Waals surface area contributed by atoms with E-state index in [0.29, 0.717) is 22.3 Å². The van der Waals surface area contributed by atoms with Crippen LogP contribution in [0.5, 0.6) is 0 Å². The highest BCUT2D eigenvalue weighted by Gasteiger charge is 2.60. The number of hydrogen-bond acceptors (Lipinski definition) is 2. The smallest absolute Gasteiger partial charge is 0.372 e. The SMILES string of the molecule is NC(=O)c1ccccc1-c1ccc2c(c1)C(O)(C(F)(F)F)c1ccccc1-2. The summed E-state index contributed by atoms with van der Waals surface area (Å²) >= 11 is 0. The van der Waals surface area contributed by atoms with Crippen LogP contribution < -0.4 is 5.73 Å². The zero-order valence-corrected chi connectivity index (χ0v) is 13.9. The van der Waals surface area contributed by atoms with E-state index in [1.54, 1.807) is 36.4 Å². The van der Waals surface area contributed by atoms with Crippen molar-refractivity contribution in [1.82, 2.24) is 0 Å². The molecule has 1 aliphatic rings. The molecule has 3 aromatic rings. The molecule has 27 heavy (non-hydrogen) atoms. The molecule has 0 radical (unpaired) electrons. The van der Waals surface area contributed by atoms with Crippen molar-refractivity contribution in [1.29, 1.82) is 0 Å². The molecule has 0 bridgehead atoms. The number of halogens is 3. The largest absolute Gasteiger partial charge is 0.425 e. The number of carbonyl (C=O) groups excluding carboxylic acids is 1. The van der Waals surface area contributed by atoms with Gasteiger partial charge >= 0.3 is 6.18 Å². The molecule has 3 aromatic carbocycles. The summed E-state index contributed by atoms with van der Waals surface area (Å²) in [7, 11) is 0. The Hall–Kier alpha value is -3.12. The molecule has 6 heteroatoms. The second kappa shape index (κ2) is 5.69. The van der Waals surface area contributed by atoms with Crippen molar-refractivity contribution in [2.75, 3.05) is 0 Å². The van der Waals surface area contributed by atoms with Crippen LogP contribution in [-0.2, 0) is 5.60 Å². The van der Waals surface area contributed by atoms with Gasteiger partial charge in [0.1, 0.15) is 0 Å². The van der Waals surface area contributed by atoms with Gasteiger partial charge in [0.25, 0.3) is 0 Å². The minimum absolute atomic E-state index is 0.198. The molecule has 0 fully saturated rings. The Kier molecular flexibility index (Phi) is 3.65. The fourth-order valence-corrected chi connectivity index (χ4v) is 3.68. The Balaban J connectivity index is 2.00. The van der Waals surface area contributed by atoms with Crippen molar-refractivity contribution in [3.8, 4) is 22.3 Å². The summed E-state index contributed by atoms with van der Waals surface area (Å²) < 4.78 is 41.8. The minimum Gasteiger partial charge on any atom is -0.372 e. The average molecular weight is 369 g/mol. The van der Waals surface area contributed by atoms with Crippen LogP contribution in [0.2, 0.25) is 0 Å². The summed E-state index contributed by atoms with van der Waals surface area (Å²) in [5.74, 6) is -0.680. The van der Waals surface area contributed by atoms with Crippen LogP contribution in [0.25, 0.3) is 22.3 Å². The molecular weight excluding hydrogens is 355 g/mol. The Morgan fingerprint density at radius 2 is 1.44 bits per heavy atom. The Labute approximate surface area is 152 Å². The Morgan fingerprint density at radius 3 is 2.11 bits per heavy atom. The van der Waals surface area contributed by atoms with Crippen LogP contribution in [0.1, 0.15) is 21.5 Å². The van der Waals surface area contributed by atoms with Gasteiger partial charge < -0.3 is 10.8 Å². The van der Waals surface area contributed by atoms with E-state index in [2.05, 4.69) is 0 Å². The summed E-state index contributed by atoms with van der Waals surface area (Å²) in [4.78, 5) is 11.7. The highest BCUT2D eigenvalue weighted by Crippen LogP contribution is 2.55. The molecule has 0 aliphatic heterocycles. The number of alkyl halides is 3. The van der Waals surface area contributed by atoms with Crippen molar-refractivity contribution in [2.45, 2.75) is 11.8 Å². The van der Waals surface area contributed by atoms with E-state index in [1.165, 1.54) is 30.3 Å². The third-order valence-corrected chi connectivity index (χ3v) is 4.93. The highest BCUT2D eigenvalue weighted by atomic mass is 19.4. The number of primary amides is 1. The summed E-state index contributed by atoms with van der Waals surface area (Å²) in [6.07, 6.45) is -4.91. The molecule has 1 atom stereocenters. The normalized spacial score (nSPS) is 18.1. The topological polar surface area (TPSA) is 63.3 Å². The lowest BCUT2D eigenvalue weighted by Gasteiger charge is -2.28. The number of hydrogen-bond donors (Lipinski definition) is 2. The first-order valence-electron chi connectivity index (χ1n) is 8.18. The summed E-state index contributed by atoms with van der Waals surface area (Å²) in [5, 5.41) is 10.8. The maximum absolute atomic E-state index is 13.9. The second-order valence-corrected chi connectivity index (χ2v) is 6.42. The van der Waals surface area contributed by atoms with Crippen LogP contribution in [0.3, 0.4) is 0 Å². The molecule has 3 nitrogen and oxygen atoms in total. The maximum Gasteiger partial charge on any atom is 0.425 e. The van der Waals surface area contributed by atoms with Crippen LogP contribution in [0.4, 0.5) is 13.2 Å². The van der Waals surface area contributed by atoms with E-state index in [1.807, 2.05) is 0 Å². The highest BCUT2D eigenvalue weighted by molar-refractivity contribution is 6.00. The summed E-state index contributed by atoms with van der Waals surface area (Å²) in [6, 6.07) is 16.8. The van der Waals surface area contributed by atoms with Crippen molar-refractivity contribution < 1.29 is 23.1 Å². The lowest BCUT2D eigenvalue weighted by Crippen LogP contribution is -2.41. The van der Waals surface area contributed by atoms with Gasteiger partial charge in [-0.15, -0.1) is 0 Å². The lowest BCUT2D eigenvalue weighted by molar-refractivity contribution is -0.246. The van der Waals surface area contributed by atoms with Crippen molar-refractivity contribution >= 4 is 5.91 Å². The fraction of sp³-hybridized carbons (Fsp3) is 0.0952. The van der Waals surface area contributed by atoms with Crippen molar-refractivity contribution in [3.63, 3.8) is 0 Å². The van der Waals surface area contributed by atoms with Crippen molar-refractivity contribution in [3.05, 3.63) is 83.4 Å². The van der Waals surface area contributed by atoms with Gasteiger partial charge in [0.2, 0.25) is 11.5 Å². The quantitative estimate of drug-likeness (QED) is 0.710. The standard InChI is InChI=1S/C21H14F3NO2/c22-21(23,24)20(27)17-8-4-3-6-14(17)15-10-9-12(11-18(15)20)13-5-1-2-7-16(13)19(25)26/h1-11,27H,(H2,25,26). The number of nitrogens with two attached hydrogens (primary N) is 1. The molecule has 136 valence electrons. The van der Waals surface area contributed by atoms with E-state index < -0.39 is 17.7 Å². The van der Waals surface area contributed by atoms with Gasteiger partial charge in [-0.1, -0.05) is 54.6 Å². The minimum atomic E-state index is -4.91. The number of carbonyl (C=O) groups is 1. The van der Waals surface area contributed by atoms with Crippen LogP contribution >= 0.6 is 0 Å². The number of benzene rings is 3. The van der Waals surface area contributed by atoms with E-state index >= 15 is 0 Å². The van der Waals surface area contributed by atoms with Crippen LogP contribution in [0.15, 0.2) is 66.7 Å². The maximum atomic E-state index is 13.9. The molecule has 1 unspecified atom stereocenters. The van der Waals surface area contributed by atoms with E-state index in [0.717, 1.165) is 0 Å². The Bertz CT molecular complexity index is 1080. The zero-order chi connectivity index (χ0) is 19.4. The number of rotatable bonds is 2. The van der Waals surface area contributed by atoms with Gasteiger partial charge in [0, 0.05) is 16.7 Å². The first-order valence-corrected chi connectivity index (χ1v) is 8.18. The monoisotopic (exact) mass is 369 g/mol. The van der Waals surface area contributed by atoms with Crippen LogP contribution in [-0.4, -0.2) is 17.2 Å². The van der Waals surface area contributed by atoms with Gasteiger partial charge in [-0.2, -0.15) is 13.2 Å². The first-order chi connectivity index (χ1) is 12.7. The number of aliphatic hydroxyl groups is 1. The van der Waals surface area contributed by atoms with E-state index in [-0.39, 0.29) is 16.7 Å². The predicted molar refractivity (Wildman–Crippen MR) is 94.9 cm³/mol. The van der Waals surface area contributed by atoms with Crippen LogP contribution in [0, 0.1) is 0 Å². The molecule has 0 aromatic heterocycles. The second-order valence-electron chi connectivity index (χ2n) is 6.42. The van der Waals surface area contributed by atoms with Gasteiger partial charge in [-0.05, 0) is 34.4 Å². The molecule has 1 amide bonds. The van der Waals surface area contributed by atoms with Gasteiger partial charge in [-0.3, -0.25) is 4.79 Å². The molecule has 0 spiro atoms. The zero-order valence-electron chi connectivity index (χ0n) is 13.9.